The third-order valence-corrected chi connectivity index (χ3v) is 0.810. The Hall–Kier alpha value is 0.0900. The molecule has 0 aliphatic heterocycles. The van der Waals surface area contributed by atoms with E-state index in [1.165, 1.54) is 0 Å². The zero-order valence-corrected chi connectivity index (χ0v) is 5.66. The maximum Gasteiger partial charge on any atom is 0.0218 e. The number of rotatable bonds is 2. The minimum atomic E-state index is 0.656. The second-order valence-corrected chi connectivity index (χ2v) is 2.17. The summed E-state index contributed by atoms with van der Waals surface area (Å²) >= 11 is 4.68. The Kier molecular flexibility index (Phi) is 4.31. The second-order valence-electron chi connectivity index (χ2n) is 1.84. The number of hydrogen-bond acceptors (Lipinski definition) is 0. The lowest BCUT2D eigenvalue weighted by atomic mass is 10.2. The van der Waals surface area contributed by atoms with Crippen LogP contribution in [0.5, 0.6) is 0 Å². The molecule has 41 valence electrons. The van der Waals surface area contributed by atoms with Gasteiger partial charge in [0.05, 0.1) is 0 Å². The minimum Gasteiger partial charge on any atom is -0.0897 e. The predicted octanol–water partition coefficient (Wildman–Crippen LogP) is 2.40. The van der Waals surface area contributed by atoms with Crippen molar-refractivity contribution in [1.29, 1.82) is 0 Å². The van der Waals surface area contributed by atoms with Crippen LogP contribution in [0.25, 0.3) is 0 Å². The van der Waals surface area contributed by atoms with Gasteiger partial charge in [0.25, 0.3) is 0 Å². The summed E-state index contributed by atoms with van der Waals surface area (Å²) in [6.45, 7) is 4.28. The van der Waals surface area contributed by atoms with Crippen LogP contribution in [-0.2, 0) is 0 Å². The van der Waals surface area contributed by atoms with Crippen molar-refractivity contribution in [3.63, 3.8) is 0 Å². The van der Waals surface area contributed by atoms with Gasteiger partial charge in [0.15, 0.2) is 0 Å². The molecule has 0 unspecified atom stereocenters. The normalized spacial score (nSPS) is 11.4. The van der Waals surface area contributed by atoms with Gasteiger partial charge in [-0.25, -0.2) is 0 Å². The molecule has 0 atom stereocenters. The standard InChI is InChI=1S/C6H11S/c1-6(2)4-3-5-7/h3-4,6H,5H2,1-2H3/b4-3+. The average molecular weight is 115 g/mol. The van der Waals surface area contributed by atoms with Crippen molar-refractivity contribution in [1.82, 2.24) is 0 Å². The Labute approximate surface area is 51.0 Å². The predicted molar refractivity (Wildman–Crippen MR) is 36.4 cm³/mol. The van der Waals surface area contributed by atoms with Gasteiger partial charge in [-0.15, -0.1) is 0 Å². The van der Waals surface area contributed by atoms with Crippen molar-refractivity contribution >= 4 is 12.6 Å². The molecule has 0 aliphatic carbocycles. The Bertz CT molecular complexity index is 55.2. The fraction of sp³-hybridized carbons (Fsp3) is 0.667. The van der Waals surface area contributed by atoms with Gasteiger partial charge in [0.2, 0.25) is 0 Å². The maximum atomic E-state index is 4.68. The molecular weight excluding hydrogens is 104 g/mol. The Balaban J connectivity index is 3.08. The van der Waals surface area contributed by atoms with Crippen LogP contribution >= 0.6 is 12.6 Å². The molecule has 7 heavy (non-hydrogen) atoms. The summed E-state index contributed by atoms with van der Waals surface area (Å²) in [4.78, 5) is 0. The highest BCUT2D eigenvalue weighted by molar-refractivity contribution is 7.80. The summed E-state index contributed by atoms with van der Waals surface area (Å²) in [6, 6.07) is 0. The molecule has 0 fully saturated rings. The van der Waals surface area contributed by atoms with Crippen LogP contribution in [0.3, 0.4) is 0 Å². The summed E-state index contributed by atoms with van der Waals surface area (Å²) in [5.41, 5.74) is 0. The summed E-state index contributed by atoms with van der Waals surface area (Å²) in [7, 11) is 0. The van der Waals surface area contributed by atoms with Crippen LogP contribution in [0, 0.1) is 5.92 Å². The molecule has 0 saturated heterocycles. The van der Waals surface area contributed by atoms with E-state index in [9.17, 15) is 0 Å². The van der Waals surface area contributed by atoms with Gasteiger partial charge in [-0.1, -0.05) is 38.6 Å². The van der Waals surface area contributed by atoms with Crippen LogP contribution in [0.15, 0.2) is 12.2 Å². The quantitative estimate of drug-likeness (QED) is 0.485. The summed E-state index contributed by atoms with van der Waals surface area (Å²) in [5, 5.41) is 0. The third kappa shape index (κ3) is 6.09. The molecule has 0 aromatic carbocycles. The van der Waals surface area contributed by atoms with E-state index < -0.39 is 0 Å². The van der Waals surface area contributed by atoms with Crippen molar-refractivity contribution < 1.29 is 0 Å². The van der Waals surface area contributed by atoms with Crippen molar-refractivity contribution in [3.05, 3.63) is 12.2 Å². The molecule has 1 heteroatoms. The highest BCUT2D eigenvalue weighted by atomic mass is 32.1. The topological polar surface area (TPSA) is 0 Å². The Morgan fingerprint density at radius 3 is 2.29 bits per heavy atom. The van der Waals surface area contributed by atoms with Gasteiger partial charge in [-0.3, -0.25) is 0 Å². The van der Waals surface area contributed by atoms with E-state index in [-0.39, 0.29) is 0 Å². The Morgan fingerprint density at radius 2 is 2.14 bits per heavy atom. The van der Waals surface area contributed by atoms with Crippen LogP contribution in [0.2, 0.25) is 0 Å². The monoisotopic (exact) mass is 115 g/mol. The van der Waals surface area contributed by atoms with Crippen molar-refractivity contribution in [2.45, 2.75) is 13.8 Å². The van der Waals surface area contributed by atoms with Gasteiger partial charge < -0.3 is 0 Å². The zero-order valence-electron chi connectivity index (χ0n) is 4.85. The molecule has 0 nitrogen and oxygen atoms in total. The van der Waals surface area contributed by atoms with Gasteiger partial charge >= 0.3 is 0 Å². The lowest BCUT2D eigenvalue weighted by molar-refractivity contribution is 0.830. The van der Waals surface area contributed by atoms with E-state index in [4.69, 9.17) is 0 Å². The third-order valence-electron chi connectivity index (χ3n) is 0.617. The fourth-order valence-electron chi connectivity index (χ4n) is 0.328. The largest absolute Gasteiger partial charge is 0.0897 e. The van der Waals surface area contributed by atoms with Crippen LogP contribution in [-0.4, -0.2) is 5.75 Å². The van der Waals surface area contributed by atoms with E-state index in [1.54, 1.807) is 0 Å². The molecule has 0 aromatic rings. The van der Waals surface area contributed by atoms with Crippen LogP contribution in [0.1, 0.15) is 13.8 Å². The molecule has 0 spiro atoms. The lowest BCUT2D eigenvalue weighted by Gasteiger charge is -1.88. The molecule has 0 aromatic heterocycles. The Morgan fingerprint density at radius 1 is 1.57 bits per heavy atom. The zero-order chi connectivity index (χ0) is 5.70. The molecule has 0 N–H and O–H groups in total. The highest BCUT2D eigenvalue weighted by Crippen LogP contribution is 1.92. The molecule has 1 radical (unpaired) electrons. The van der Waals surface area contributed by atoms with Crippen molar-refractivity contribution in [2.75, 3.05) is 5.75 Å². The minimum absolute atomic E-state index is 0.656. The number of hydrogen-bond donors (Lipinski definition) is 0. The number of allylic oxidation sites excluding steroid dienone is 1. The van der Waals surface area contributed by atoms with Gasteiger partial charge in [-0.05, 0) is 5.92 Å². The first-order valence-corrected chi connectivity index (χ1v) is 3.10. The first kappa shape index (κ1) is 7.09. The average Bonchev–Trinajstić information content (AvgIpc) is 1.61. The maximum absolute atomic E-state index is 4.68. The molecule has 0 rings (SSSR count). The smallest absolute Gasteiger partial charge is 0.0218 e. The summed E-state index contributed by atoms with van der Waals surface area (Å²) in [5.74, 6) is 1.40. The van der Waals surface area contributed by atoms with E-state index in [2.05, 4.69) is 32.6 Å². The molecule has 0 bridgehead atoms. The van der Waals surface area contributed by atoms with E-state index in [0.29, 0.717) is 5.92 Å². The molecule has 0 aliphatic rings. The fourth-order valence-corrected chi connectivity index (χ4v) is 0.439. The second kappa shape index (κ2) is 4.25. The van der Waals surface area contributed by atoms with E-state index in [1.807, 2.05) is 6.08 Å². The van der Waals surface area contributed by atoms with Crippen molar-refractivity contribution in [3.8, 4) is 0 Å². The van der Waals surface area contributed by atoms with Crippen LogP contribution < -0.4 is 0 Å². The van der Waals surface area contributed by atoms with E-state index in [0.717, 1.165) is 5.75 Å². The summed E-state index contributed by atoms with van der Waals surface area (Å²) in [6.07, 6.45) is 4.13. The molecular formula is C6H11S. The highest BCUT2D eigenvalue weighted by Gasteiger charge is 1.78. The molecule has 0 amide bonds. The van der Waals surface area contributed by atoms with E-state index >= 15 is 0 Å². The van der Waals surface area contributed by atoms with Gasteiger partial charge in [-0.2, -0.15) is 0 Å². The summed E-state index contributed by atoms with van der Waals surface area (Å²) < 4.78 is 0. The molecule has 0 saturated carbocycles. The van der Waals surface area contributed by atoms with Gasteiger partial charge in [0, 0.05) is 5.75 Å². The van der Waals surface area contributed by atoms with Crippen molar-refractivity contribution in [2.24, 2.45) is 5.92 Å². The lowest BCUT2D eigenvalue weighted by Crippen LogP contribution is -1.75. The van der Waals surface area contributed by atoms with Gasteiger partial charge in [0.1, 0.15) is 0 Å². The van der Waals surface area contributed by atoms with Crippen LogP contribution in [0.4, 0.5) is 0 Å². The SMILES string of the molecule is CC(C)/C=C/C[S]. The molecule has 0 heterocycles. The first-order valence-electron chi connectivity index (χ1n) is 2.52. The first-order chi connectivity index (χ1) is 3.27.